The van der Waals surface area contributed by atoms with Crippen LogP contribution in [0.25, 0.3) is 0 Å². The van der Waals surface area contributed by atoms with Crippen molar-refractivity contribution in [3.63, 3.8) is 0 Å². The Balaban J connectivity index is 2.06. The lowest BCUT2D eigenvalue weighted by Gasteiger charge is -2.06. The van der Waals surface area contributed by atoms with Crippen LogP contribution in [0, 0.1) is 0 Å². The van der Waals surface area contributed by atoms with Crippen LogP contribution in [0.2, 0.25) is 0 Å². The van der Waals surface area contributed by atoms with E-state index in [1.165, 1.54) is 0 Å². The number of hydrogen-bond acceptors (Lipinski definition) is 3. The Hall–Kier alpha value is -1.39. The van der Waals surface area contributed by atoms with E-state index in [9.17, 15) is 0 Å². The van der Waals surface area contributed by atoms with Crippen LogP contribution < -0.4 is 10.1 Å². The van der Waals surface area contributed by atoms with Gasteiger partial charge in [-0.2, -0.15) is 0 Å². The molecule has 0 bridgehead atoms. The van der Waals surface area contributed by atoms with Gasteiger partial charge in [-0.3, -0.25) is 0 Å². The number of benzene rings is 1. The Morgan fingerprint density at radius 1 is 1.25 bits per heavy atom. The topological polar surface area (TPSA) is 21.3 Å². The quantitative estimate of drug-likeness (QED) is 0.841. The third-order valence-electron chi connectivity index (χ3n) is 2.09. The molecule has 0 aliphatic carbocycles. The Kier molecular flexibility index (Phi) is 3.54. The number of hydrogen-bond donors (Lipinski definition) is 1. The maximum atomic E-state index is 5.29. The van der Waals surface area contributed by atoms with Crippen LogP contribution >= 0.6 is 23.6 Å². The van der Waals surface area contributed by atoms with E-state index in [2.05, 4.69) is 5.32 Å². The number of thiocarbonyl (C=S) groups is 1. The first kappa shape index (κ1) is 11.1. The molecule has 2 nitrogen and oxygen atoms in total. The van der Waals surface area contributed by atoms with Crippen LogP contribution in [0.1, 0.15) is 4.88 Å². The minimum atomic E-state index is 0.750. The van der Waals surface area contributed by atoms with Crippen molar-refractivity contribution < 1.29 is 4.74 Å². The summed E-state index contributed by atoms with van der Waals surface area (Å²) in [5.41, 5.74) is 0.971. The van der Waals surface area contributed by atoms with Gasteiger partial charge in [0.25, 0.3) is 0 Å². The van der Waals surface area contributed by atoms with Crippen molar-refractivity contribution in [1.29, 1.82) is 0 Å². The molecule has 4 heteroatoms. The molecule has 1 aromatic heterocycles. The smallest absolute Gasteiger partial charge is 0.121 e. The Morgan fingerprint density at radius 2 is 2.00 bits per heavy atom. The van der Waals surface area contributed by atoms with Crippen molar-refractivity contribution in [1.82, 2.24) is 0 Å². The summed E-state index contributed by atoms with van der Waals surface area (Å²) in [5, 5.41) is 5.19. The molecular weight excluding hydrogens is 238 g/mol. The summed E-state index contributed by atoms with van der Waals surface area (Å²) in [6.45, 7) is 0. The van der Waals surface area contributed by atoms with Crippen molar-refractivity contribution in [2.75, 3.05) is 12.4 Å². The summed E-state index contributed by atoms with van der Waals surface area (Å²) in [6, 6.07) is 11.7. The first-order chi connectivity index (χ1) is 7.79. The lowest BCUT2D eigenvalue weighted by molar-refractivity contribution is 0.415. The van der Waals surface area contributed by atoms with Gasteiger partial charge in [-0.1, -0.05) is 18.3 Å². The largest absolute Gasteiger partial charge is 0.497 e. The Morgan fingerprint density at radius 3 is 2.56 bits per heavy atom. The molecule has 2 rings (SSSR count). The van der Waals surface area contributed by atoms with E-state index >= 15 is 0 Å². The van der Waals surface area contributed by atoms with E-state index in [0.717, 1.165) is 21.3 Å². The van der Waals surface area contributed by atoms with Crippen LogP contribution in [0.3, 0.4) is 0 Å². The molecule has 0 saturated carbocycles. The second-order valence-corrected chi connectivity index (χ2v) is 4.52. The van der Waals surface area contributed by atoms with E-state index in [1.54, 1.807) is 18.4 Å². The zero-order valence-electron chi connectivity index (χ0n) is 8.77. The fourth-order valence-corrected chi connectivity index (χ4v) is 2.22. The second-order valence-electron chi connectivity index (χ2n) is 3.16. The standard InChI is InChI=1S/C12H11NOS2/c1-14-10-6-4-9(5-7-10)13-12(15)11-3-2-8-16-11/h2-8H,1H3,(H,13,15). The molecule has 0 spiro atoms. The van der Waals surface area contributed by atoms with Crippen LogP contribution in [-0.4, -0.2) is 12.1 Å². The van der Waals surface area contributed by atoms with Gasteiger partial charge < -0.3 is 10.1 Å². The summed E-state index contributed by atoms with van der Waals surface area (Å²) < 4.78 is 5.09. The van der Waals surface area contributed by atoms with E-state index in [0.29, 0.717) is 0 Å². The van der Waals surface area contributed by atoms with Gasteiger partial charge in [-0.05, 0) is 35.7 Å². The number of rotatable bonds is 3. The summed E-state index contributed by atoms with van der Waals surface area (Å²) >= 11 is 6.92. The monoisotopic (exact) mass is 249 g/mol. The van der Waals surface area contributed by atoms with Gasteiger partial charge in [-0.25, -0.2) is 0 Å². The molecule has 0 fully saturated rings. The predicted molar refractivity (Wildman–Crippen MR) is 72.6 cm³/mol. The number of anilines is 1. The Labute approximate surface area is 104 Å². The van der Waals surface area contributed by atoms with Crippen molar-refractivity contribution in [2.45, 2.75) is 0 Å². The highest BCUT2D eigenvalue weighted by Gasteiger charge is 2.02. The zero-order valence-corrected chi connectivity index (χ0v) is 10.4. The number of methoxy groups -OCH3 is 1. The highest BCUT2D eigenvalue weighted by atomic mass is 32.1. The normalized spacial score (nSPS) is 9.81. The van der Waals surface area contributed by atoms with Gasteiger partial charge in [0.1, 0.15) is 10.7 Å². The predicted octanol–water partition coefficient (Wildman–Crippen LogP) is 3.54. The molecule has 0 atom stereocenters. The Bertz CT molecular complexity index is 462. The summed E-state index contributed by atoms with van der Waals surface area (Å²) in [7, 11) is 1.65. The summed E-state index contributed by atoms with van der Waals surface area (Å²) in [6.07, 6.45) is 0. The summed E-state index contributed by atoms with van der Waals surface area (Å²) in [5.74, 6) is 0.840. The van der Waals surface area contributed by atoms with Crippen molar-refractivity contribution >= 4 is 34.2 Å². The van der Waals surface area contributed by atoms with Crippen LogP contribution in [0.15, 0.2) is 41.8 Å². The molecule has 1 N–H and O–H groups in total. The number of thiophene rings is 1. The molecule has 1 aromatic carbocycles. The highest BCUT2D eigenvalue weighted by molar-refractivity contribution is 7.81. The van der Waals surface area contributed by atoms with E-state index in [1.807, 2.05) is 41.8 Å². The van der Waals surface area contributed by atoms with Gasteiger partial charge in [0.15, 0.2) is 0 Å². The molecule has 0 aliphatic heterocycles. The van der Waals surface area contributed by atoms with Crippen LogP contribution in [-0.2, 0) is 0 Å². The second kappa shape index (κ2) is 5.09. The molecule has 16 heavy (non-hydrogen) atoms. The van der Waals surface area contributed by atoms with Crippen molar-refractivity contribution in [2.24, 2.45) is 0 Å². The lowest BCUT2D eigenvalue weighted by Crippen LogP contribution is -2.08. The fraction of sp³-hybridized carbons (Fsp3) is 0.0833. The van der Waals surface area contributed by atoms with Gasteiger partial charge in [0.2, 0.25) is 0 Å². The maximum absolute atomic E-state index is 5.29. The lowest BCUT2D eigenvalue weighted by atomic mass is 10.3. The third-order valence-corrected chi connectivity index (χ3v) is 3.43. The SMILES string of the molecule is COc1ccc(NC(=S)c2cccs2)cc1. The minimum Gasteiger partial charge on any atom is -0.497 e. The third kappa shape index (κ3) is 2.59. The number of nitrogens with one attached hydrogen (secondary N) is 1. The molecule has 0 aliphatic rings. The molecule has 0 unspecified atom stereocenters. The first-order valence-corrected chi connectivity index (χ1v) is 6.07. The highest BCUT2D eigenvalue weighted by Crippen LogP contribution is 2.17. The zero-order chi connectivity index (χ0) is 11.4. The van der Waals surface area contributed by atoms with Gasteiger partial charge in [0, 0.05) is 5.69 Å². The van der Waals surface area contributed by atoms with Gasteiger partial charge >= 0.3 is 0 Å². The molecule has 0 amide bonds. The van der Waals surface area contributed by atoms with Gasteiger partial charge in [0.05, 0.1) is 12.0 Å². The fourth-order valence-electron chi connectivity index (χ4n) is 1.27. The van der Waals surface area contributed by atoms with Crippen molar-refractivity contribution in [3.8, 4) is 5.75 Å². The number of ether oxygens (including phenoxy) is 1. The minimum absolute atomic E-state index is 0.750. The summed E-state index contributed by atoms with van der Waals surface area (Å²) in [4.78, 5) is 1.82. The molecule has 0 radical (unpaired) electrons. The maximum Gasteiger partial charge on any atom is 0.121 e. The van der Waals surface area contributed by atoms with Gasteiger partial charge in [-0.15, -0.1) is 11.3 Å². The van der Waals surface area contributed by atoms with Crippen LogP contribution in [0.4, 0.5) is 5.69 Å². The first-order valence-electron chi connectivity index (χ1n) is 4.78. The molecule has 1 heterocycles. The molecule has 0 saturated heterocycles. The molecule has 2 aromatic rings. The van der Waals surface area contributed by atoms with E-state index in [4.69, 9.17) is 17.0 Å². The van der Waals surface area contributed by atoms with Crippen molar-refractivity contribution in [3.05, 3.63) is 46.7 Å². The molecular formula is C12H11NOS2. The van der Waals surface area contributed by atoms with Crippen LogP contribution in [0.5, 0.6) is 5.75 Å². The average molecular weight is 249 g/mol. The molecule has 82 valence electrons. The average Bonchev–Trinajstić information content (AvgIpc) is 2.83. The van der Waals surface area contributed by atoms with E-state index < -0.39 is 0 Å². The van der Waals surface area contributed by atoms with E-state index in [-0.39, 0.29) is 0 Å².